The summed E-state index contributed by atoms with van der Waals surface area (Å²) in [5.74, 6) is 0.673. The van der Waals surface area contributed by atoms with Gasteiger partial charge in [-0.25, -0.2) is 9.97 Å². The van der Waals surface area contributed by atoms with Gasteiger partial charge in [0.25, 0.3) is 0 Å². The van der Waals surface area contributed by atoms with Crippen molar-refractivity contribution in [2.75, 3.05) is 11.4 Å². The number of para-hydroxylation sites is 1. The largest absolute Gasteiger partial charge is 0.310 e. The van der Waals surface area contributed by atoms with Gasteiger partial charge in [0, 0.05) is 54.7 Å². The second kappa shape index (κ2) is 8.39. The van der Waals surface area contributed by atoms with E-state index in [9.17, 15) is 0 Å². The first kappa shape index (κ1) is 17.8. The van der Waals surface area contributed by atoms with E-state index in [4.69, 9.17) is 4.98 Å². The van der Waals surface area contributed by atoms with Gasteiger partial charge in [0.05, 0.1) is 5.69 Å². The second-order valence-corrected chi connectivity index (χ2v) is 6.49. The highest BCUT2D eigenvalue weighted by molar-refractivity contribution is 5.64. The maximum Gasteiger partial charge on any atom is 0.230 e. The average Bonchev–Trinajstić information content (AvgIpc) is 2.77. The number of rotatable bonds is 6. The number of benzene rings is 1. The van der Waals surface area contributed by atoms with Gasteiger partial charge in [0.2, 0.25) is 5.95 Å². The Morgan fingerprint density at radius 1 is 0.821 bits per heavy atom. The van der Waals surface area contributed by atoms with Crippen LogP contribution in [0, 0.1) is 6.92 Å². The maximum atomic E-state index is 4.83. The number of aryl methyl sites for hydroxylation is 1. The molecule has 4 rings (SSSR count). The lowest BCUT2D eigenvalue weighted by Crippen LogP contribution is -2.23. The molecule has 3 heterocycles. The van der Waals surface area contributed by atoms with E-state index >= 15 is 0 Å². The molecule has 0 amide bonds. The minimum Gasteiger partial charge on any atom is -0.310 e. The number of aromatic nitrogens is 4. The first-order valence-electron chi connectivity index (χ1n) is 9.28. The number of nitrogens with zero attached hydrogens (tertiary/aromatic N) is 5. The summed E-state index contributed by atoms with van der Waals surface area (Å²) in [5.41, 5.74) is 5.15. The molecule has 3 aromatic heterocycles. The van der Waals surface area contributed by atoms with E-state index in [0.717, 1.165) is 35.6 Å². The van der Waals surface area contributed by atoms with Crippen LogP contribution >= 0.6 is 0 Å². The normalized spacial score (nSPS) is 10.6. The summed E-state index contributed by atoms with van der Waals surface area (Å²) in [5, 5.41) is 0. The van der Waals surface area contributed by atoms with E-state index in [2.05, 4.69) is 38.9 Å². The van der Waals surface area contributed by atoms with Gasteiger partial charge in [0.1, 0.15) is 0 Å². The molecule has 0 atom stereocenters. The molecule has 0 saturated heterocycles. The third-order valence-electron chi connectivity index (χ3n) is 4.57. The highest BCUT2D eigenvalue weighted by Crippen LogP contribution is 2.27. The zero-order valence-electron chi connectivity index (χ0n) is 15.7. The van der Waals surface area contributed by atoms with Crippen LogP contribution in [0.15, 0.2) is 85.5 Å². The summed E-state index contributed by atoms with van der Waals surface area (Å²) >= 11 is 0. The summed E-state index contributed by atoms with van der Waals surface area (Å²) in [6, 6.07) is 20.1. The molecule has 0 unspecified atom stereocenters. The maximum absolute atomic E-state index is 4.83. The predicted molar refractivity (Wildman–Crippen MR) is 111 cm³/mol. The van der Waals surface area contributed by atoms with Gasteiger partial charge in [-0.05, 0) is 48.9 Å². The lowest BCUT2D eigenvalue weighted by molar-refractivity contribution is 0.851. The Balaban J connectivity index is 1.70. The Kier molecular flexibility index (Phi) is 5.33. The van der Waals surface area contributed by atoms with E-state index in [1.807, 2.05) is 60.9 Å². The molecule has 28 heavy (non-hydrogen) atoms. The minimum absolute atomic E-state index is 0.673. The molecule has 0 aliphatic heterocycles. The molecular weight excluding hydrogens is 346 g/mol. The van der Waals surface area contributed by atoms with Crippen molar-refractivity contribution in [3.05, 3.63) is 96.7 Å². The molecule has 0 radical (unpaired) electrons. The van der Waals surface area contributed by atoms with Crippen molar-refractivity contribution in [1.82, 2.24) is 19.9 Å². The zero-order valence-corrected chi connectivity index (χ0v) is 15.7. The molecule has 138 valence electrons. The average molecular weight is 367 g/mol. The molecule has 0 bridgehead atoms. The van der Waals surface area contributed by atoms with Crippen LogP contribution in [-0.4, -0.2) is 26.5 Å². The van der Waals surface area contributed by atoms with Gasteiger partial charge >= 0.3 is 0 Å². The summed E-state index contributed by atoms with van der Waals surface area (Å²) in [6.45, 7) is 2.84. The number of pyridine rings is 2. The fourth-order valence-electron chi connectivity index (χ4n) is 3.12. The molecule has 0 N–H and O–H groups in total. The van der Waals surface area contributed by atoms with Gasteiger partial charge in [0.15, 0.2) is 0 Å². The van der Waals surface area contributed by atoms with Crippen LogP contribution in [0.25, 0.3) is 11.3 Å². The van der Waals surface area contributed by atoms with Crippen molar-refractivity contribution < 1.29 is 0 Å². The SMILES string of the molecule is Cc1ccccc1N(CCc1ccccn1)c1nccc(-c2cccnc2)n1. The third kappa shape index (κ3) is 4.04. The van der Waals surface area contributed by atoms with E-state index in [1.54, 1.807) is 12.4 Å². The van der Waals surface area contributed by atoms with Crippen molar-refractivity contribution in [1.29, 1.82) is 0 Å². The predicted octanol–water partition coefficient (Wildman–Crippen LogP) is 4.62. The van der Waals surface area contributed by atoms with Gasteiger partial charge < -0.3 is 4.90 Å². The van der Waals surface area contributed by atoms with Crippen LogP contribution in [0.5, 0.6) is 0 Å². The van der Waals surface area contributed by atoms with E-state index < -0.39 is 0 Å². The molecule has 5 heteroatoms. The standard InChI is InChI=1S/C23H21N5/c1-18-7-2-3-10-22(18)28(16-12-20-9-4-5-14-25-20)23-26-15-11-21(27-23)19-8-6-13-24-17-19/h2-11,13-15,17H,12,16H2,1H3. The van der Waals surface area contributed by atoms with Crippen LogP contribution in [-0.2, 0) is 6.42 Å². The van der Waals surface area contributed by atoms with Crippen molar-refractivity contribution in [2.24, 2.45) is 0 Å². The Bertz CT molecular complexity index is 1030. The van der Waals surface area contributed by atoms with Crippen LogP contribution in [0.3, 0.4) is 0 Å². The lowest BCUT2D eigenvalue weighted by Gasteiger charge is -2.24. The van der Waals surface area contributed by atoms with Crippen molar-refractivity contribution in [2.45, 2.75) is 13.3 Å². The zero-order chi connectivity index (χ0) is 19.2. The molecule has 0 fully saturated rings. The Labute approximate surface area is 164 Å². The monoisotopic (exact) mass is 367 g/mol. The first-order valence-corrected chi connectivity index (χ1v) is 9.28. The number of hydrogen-bond acceptors (Lipinski definition) is 5. The lowest BCUT2D eigenvalue weighted by atomic mass is 10.1. The summed E-state index contributed by atoms with van der Waals surface area (Å²) in [4.78, 5) is 20.2. The Hall–Kier alpha value is -3.60. The molecule has 0 spiro atoms. The van der Waals surface area contributed by atoms with Crippen LogP contribution in [0.1, 0.15) is 11.3 Å². The van der Waals surface area contributed by atoms with Gasteiger partial charge in [-0.2, -0.15) is 0 Å². The molecule has 5 nitrogen and oxygen atoms in total. The Morgan fingerprint density at radius 2 is 1.71 bits per heavy atom. The van der Waals surface area contributed by atoms with E-state index in [0.29, 0.717) is 5.95 Å². The summed E-state index contributed by atoms with van der Waals surface area (Å²) in [7, 11) is 0. The summed E-state index contributed by atoms with van der Waals surface area (Å²) < 4.78 is 0. The van der Waals surface area contributed by atoms with Crippen LogP contribution in [0.4, 0.5) is 11.6 Å². The van der Waals surface area contributed by atoms with Crippen molar-refractivity contribution in [3.63, 3.8) is 0 Å². The molecule has 0 saturated carbocycles. The molecule has 1 aromatic carbocycles. The van der Waals surface area contributed by atoms with Crippen molar-refractivity contribution >= 4 is 11.6 Å². The van der Waals surface area contributed by atoms with Gasteiger partial charge in [-0.3, -0.25) is 9.97 Å². The van der Waals surface area contributed by atoms with Crippen LogP contribution < -0.4 is 4.90 Å². The fourth-order valence-corrected chi connectivity index (χ4v) is 3.12. The minimum atomic E-state index is 0.673. The molecular formula is C23H21N5. The van der Waals surface area contributed by atoms with E-state index in [-0.39, 0.29) is 0 Å². The highest BCUT2D eigenvalue weighted by atomic mass is 15.3. The second-order valence-electron chi connectivity index (χ2n) is 6.49. The topological polar surface area (TPSA) is 54.8 Å². The quantitative estimate of drug-likeness (QED) is 0.498. The fraction of sp³-hybridized carbons (Fsp3) is 0.130. The van der Waals surface area contributed by atoms with E-state index in [1.165, 1.54) is 5.56 Å². The molecule has 4 aromatic rings. The first-order chi connectivity index (χ1) is 13.8. The van der Waals surface area contributed by atoms with Gasteiger partial charge in [-0.15, -0.1) is 0 Å². The summed E-state index contributed by atoms with van der Waals surface area (Å²) in [6.07, 6.45) is 8.01. The molecule has 0 aliphatic carbocycles. The smallest absolute Gasteiger partial charge is 0.230 e. The third-order valence-corrected chi connectivity index (χ3v) is 4.57. The van der Waals surface area contributed by atoms with Crippen molar-refractivity contribution in [3.8, 4) is 11.3 Å². The van der Waals surface area contributed by atoms with Gasteiger partial charge in [-0.1, -0.05) is 24.3 Å². The highest BCUT2D eigenvalue weighted by Gasteiger charge is 2.15. The Morgan fingerprint density at radius 3 is 2.50 bits per heavy atom. The van der Waals surface area contributed by atoms with Crippen LogP contribution in [0.2, 0.25) is 0 Å². The number of anilines is 2. The number of hydrogen-bond donors (Lipinski definition) is 0. The molecule has 0 aliphatic rings.